The van der Waals surface area contributed by atoms with Gasteiger partial charge in [-0.05, 0) is 37.6 Å². The molecule has 1 aromatic rings. The minimum absolute atomic E-state index is 0.00527. The summed E-state index contributed by atoms with van der Waals surface area (Å²) in [5.41, 5.74) is 0. The third kappa shape index (κ3) is 5.98. The molecule has 1 unspecified atom stereocenters. The first-order valence-corrected chi connectivity index (χ1v) is 8.01. The van der Waals surface area contributed by atoms with Crippen LogP contribution >= 0.6 is 23.4 Å². The van der Waals surface area contributed by atoms with Crippen molar-refractivity contribution in [2.24, 2.45) is 0 Å². The molecule has 0 aliphatic rings. The number of nitrogens with zero attached hydrogens (tertiary/aromatic N) is 1. The number of rotatable bonds is 7. The van der Waals surface area contributed by atoms with Crippen LogP contribution in [-0.2, 0) is 14.3 Å². The second-order valence-electron chi connectivity index (χ2n) is 4.55. The Bertz CT molecular complexity index is 478. The first-order valence-electron chi connectivity index (χ1n) is 6.75. The summed E-state index contributed by atoms with van der Waals surface area (Å²) in [5.74, 6) is -0.470. The molecule has 0 fully saturated rings. The zero-order valence-corrected chi connectivity index (χ0v) is 14.0. The van der Waals surface area contributed by atoms with Crippen molar-refractivity contribution in [3.63, 3.8) is 0 Å². The molecule has 1 aromatic carbocycles. The number of amides is 1. The normalized spacial score (nSPS) is 11.8. The van der Waals surface area contributed by atoms with E-state index in [1.807, 2.05) is 26.0 Å². The molecule has 6 heteroatoms. The van der Waals surface area contributed by atoms with Gasteiger partial charge in [-0.15, -0.1) is 11.8 Å². The Morgan fingerprint density at radius 3 is 2.48 bits per heavy atom. The molecule has 1 rings (SSSR count). The predicted molar refractivity (Wildman–Crippen MR) is 85.7 cm³/mol. The molecule has 0 radical (unpaired) electrons. The van der Waals surface area contributed by atoms with Crippen LogP contribution in [0.1, 0.15) is 20.3 Å². The van der Waals surface area contributed by atoms with Crippen molar-refractivity contribution in [2.75, 3.05) is 20.2 Å². The highest BCUT2D eigenvalue weighted by atomic mass is 35.5. The van der Waals surface area contributed by atoms with Gasteiger partial charge in [0.05, 0.1) is 12.4 Å². The number of halogens is 1. The van der Waals surface area contributed by atoms with E-state index in [1.54, 1.807) is 17.0 Å². The lowest BCUT2D eigenvalue weighted by atomic mass is 10.3. The lowest BCUT2D eigenvalue weighted by molar-refractivity contribution is -0.146. The lowest BCUT2D eigenvalue weighted by Crippen LogP contribution is -2.40. The number of thioether (sulfide) groups is 1. The Labute approximate surface area is 134 Å². The third-order valence-electron chi connectivity index (χ3n) is 2.83. The van der Waals surface area contributed by atoms with Gasteiger partial charge in [0.25, 0.3) is 0 Å². The summed E-state index contributed by atoms with van der Waals surface area (Å²) in [5, 5.41) is 0.388. The van der Waals surface area contributed by atoms with E-state index in [0.29, 0.717) is 11.6 Å². The van der Waals surface area contributed by atoms with Crippen molar-refractivity contribution in [1.82, 2.24) is 4.90 Å². The van der Waals surface area contributed by atoms with Crippen LogP contribution in [0.15, 0.2) is 29.2 Å². The van der Waals surface area contributed by atoms with Crippen molar-refractivity contribution >= 4 is 35.2 Å². The molecule has 0 saturated carbocycles. The number of hydrogen-bond donors (Lipinski definition) is 0. The highest BCUT2D eigenvalue weighted by molar-refractivity contribution is 8.00. The summed E-state index contributed by atoms with van der Waals surface area (Å²) >= 11 is 7.29. The van der Waals surface area contributed by atoms with Gasteiger partial charge in [-0.1, -0.05) is 18.5 Å². The van der Waals surface area contributed by atoms with Crippen LogP contribution in [-0.4, -0.2) is 42.2 Å². The lowest BCUT2D eigenvalue weighted by Gasteiger charge is -2.24. The predicted octanol–water partition coefficient (Wildman–Crippen LogP) is 3.23. The van der Waals surface area contributed by atoms with Gasteiger partial charge in [-0.3, -0.25) is 9.59 Å². The van der Waals surface area contributed by atoms with E-state index in [9.17, 15) is 9.59 Å². The first kappa shape index (κ1) is 17.9. The average molecular weight is 330 g/mol. The zero-order chi connectivity index (χ0) is 15.8. The molecule has 21 heavy (non-hydrogen) atoms. The summed E-state index contributed by atoms with van der Waals surface area (Å²) in [6.07, 6.45) is 0.793. The maximum absolute atomic E-state index is 12.4. The molecule has 0 bridgehead atoms. The SMILES string of the molecule is CCCN(CC(=O)OC)C(=O)C(C)Sc1ccc(Cl)cc1. The van der Waals surface area contributed by atoms with Crippen LogP contribution in [0.2, 0.25) is 5.02 Å². The van der Waals surface area contributed by atoms with Crippen LogP contribution in [0.25, 0.3) is 0 Å². The third-order valence-corrected chi connectivity index (χ3v) is 4.18. The maximum Gasteiger partial charge on any atom is 0.325 e. The summed E-state index contributed by atoms with van der Waals surface area (Å²) in [4.78, 5) is 26.3. The highest BCUT2D eigenvalue weighted by Gasteiger charge is 2.23. The summed E-state index contributed by atoms with van der Waals surface area (Å²) in [6, 6.07) is 7.33. The van der Waals surface area contributed by atoms with E-state index in [2.05, 4.69) is 4.74 Å². The average Bonchev–Trinajstić information content (AvgIpc) is 2.48. The van der Waals surface area contributed by atoms with Gasteiger partial charge in [0.1, 0.15) is 6.54 Å². The van der Waals surface area contributed by atoms with Crippen LogP contribution in [0.5, 0.6) is 0 Å². The van der Waals surface area contributed by atoms with Gasteiger partial charge in [-0.2, -0.15) is 0 Å². The standard InChI is InChI=1S/C15H20ClNO3S/c1-4-9-17(10-14(18)20-3)15(19)11(2)21-13-7-5-12(16)6-8-13/h5-8,11H,4,9-10H2,1-3H3. The molecule has 0 aromatic heterocycles. The number of carbonyl (C=O) groups is 2. The van der Waals surface area contributed by atoms with Crippen molar-refractivity contribution < 1.29 is 14.3 Å². The molecule has 0 aliphatic heterocycles. The van der Waals surface area contributed by atoms with E-state index in [-0.39, 0.29) is 17.7 Å². The fourth-order valence-electron chi connectivity index (χ4n) is 1.78. The van der Waals surface area contributed by atoms with Gasteiger partial charge >= 0.3 is 5.97 Å². The Hall–Kier alpha value is -1.20. The molecular formula is C15H20ClNO3S. The molecule has 1 amide bonds. The Kier molecular flexibility index (Phi) is 7.61. The number of methoxy groups -OCH3 is 1. The molecule has 1 atom stereocenters. The molecule has 0 N–H and O–H groups in total. The Morgan fingerprint density at radius 1 is 1.33 bits per heavy atom. The molecule has 116 valence electrons. The van der Waals surface area contributed by atoms with Crippen molar-refractivity contribution in [1.29, 1.82) is 0 Å². The molecule has 0 heterocycles. The van der Waals surface area contributed by atoms with Crippen LogP contribution in [0, 0.1) is 0 Å². The van der Waals surface area contributed by atoms with Crippen LogP contribution in [0.4, 0.5) is 0 Å². The van der Waals surface area contributed by atoms with E-state index in [0.717, 1.165) is 11.3 Å². The van der Waals surface area contributed by atoms with Gasteiger partial charge in [0.2, 0.25) is 5.91 Å². The Balaban J connectivity index is 2.68. The van der Waals surface area contributed by atoms with Crippen LogP contribution < -0.4 is 0 Å². The fourth-order valence-corrected chi connectivity index (χ4v) is 2.86. The second kappa shape index (κ2) is 8.95. The number of ether oxygens (including phenoxy) is 1. The monoisotopic (exact) mass is 329 g/mol. The molecule has 0 aliphatic carbocycles. The number of benzene rings is 1. The molecule has 0 spiro atoms. The topological polar surface area (TPSA) is 46.6 Å². The van der Waals surface area contributed by atoms with E-state index < -0.39 is 5.97 Å². The number of carbonyl (C=O) groups excluding carboxylic acids is 2. The smallest absolute Gasteiger partial charge is 0.325 e. The van der Waals surface area contributed by atoms with Gasteiger partial charge < -0.3 is 9.64 Å². The van der Waals surface area contributed by atoms with Crippen molar-refractivity contribution in [3.05, 3.63) is 29.3 Å². The number of hydrogen-bond acceptors (Lipinski definition) is 4. The minimum Gasteiger partial charge on any atom is -0.468 e. The largest absolute Gasteiger partial charge is 0.468 e. The molecular weight excluding hydrogens is 310 g/mol. The first-order chi connectivity index (χ1) is 9.97. The minimum atomic E-state index is -0.402. The summed E-state index contributed by atoms with van der Waals surface area (Å²) < 4.78 is 4.63. The van der Waals surface area contributed by atoms with E-state index in [4.69, 9.17) is 11.6 Å². The Morgan fingerprint density at radius 2 is 1.95 bits per heavy atom. The van der Waals surface area contributed by atoms with Crippen LogP contribution in [0.3, 0.4) is 0 Å². The summed E-state index contributed by atoms with van der Waals surface area (Å²) in [6.45, 7) is 4.34. The molecule has 0 saturated heterocycles. The van der Waals surface area contributed by atoms with E-state index in [1.165, 1.54) is 18.9 Å². The highest BCUT2D eigenvalue weighted by Crippen LogP contribution is 2.25. The fraction of sp³-hybridized carbons (Fsp3) is 0.467. The van der Waals surface area contributed by atoms with Crippen molar-refractivity contribution in [2.45, 2.75) is 30.4 Å². The number of esters is 1. The summed E-state index contributed by atoms with van der Waals surface area (Å²) in [7, 11) is 1.32. The van der Waals surface area contributed by atoms with E-state index >= 15 is 0 Å². The van der Waals surface area contributed by atoms with Gasteiger partial charge in [0.15, 0.2) is 0 Å². The quantitative estimate of drug-likeness (QED) is 0.569. The van der Waals surface area contributed by atoms with Gasteiger partial charge in [0, 0.05) is 16.5 Å². The van der Waals surface area contributed by atoms with Gasteiger partial charge in [-0.25, -0.2) is 0 Å². The second-order valence-corrected chi connectivity index (χ2v) is 6.40. The maximum atomic E-state index is 12.4. The zero-order valence-electron chi connectivity index (χ0n) is 12.5. The molecule has 4 nitrogen and oxygen atoms in total. The van der Waals surface area contributed by atoms with Crippen molar-refractivity contribution in [3.8, 4) is 0 Å².